The van der Waals surface area contributed by atoms with Gasteiger partial charge in [-0.1, -0.05) is 24.3 Å². The van der Waals surface area contributed by atoms with Crippen LogP contribution in [0.25, 0.3) is 11.1 Å². The smallest absolute Gasteiger partial charge is 0.302 e. The summed E-state index contributed by atoms with van der Waals surface area (Å²) in [7, 11) is 1.59. The van der Waals surface area contributed by atoms with E-state index >= 15 is 0 Å². The van der Waals surface area contributed by atoms with Gasteiger partial charge >= 0.3 is 5.97 Å². The summed E-state index contributed by atoms with van der Waals surface area (Å²) in [5.41, 5.74) is 6.93. The maximum Gasteiger partial charge on any atom is 0.302 e. The van der Waals surface area contributed by atoms with Crippen LogP contribution in [0.15, 0.2) is 36.4 Å². The first-order valence-corrected chi connectivity index (χ1v) is 15.1. The summed E-state index contributed by atoms with van der Waals surface area (Å²) >= 11 is 0. The monoisotopic (exact) mass is 612 g/mol. The zero-order valence-electron chi connectivity index (χ0n) is 25.8. The molecule has 44 heavy (non-hydrogen) atoms. The molecule has 0 radical (unpaired) electrons. The van der Waals surface area contributed by atoms with Crippen LogP contribution >= 0.6 is 0 Å². The van der Waals surface area contributed by atoms with Crippen LogP contribution in [0.1, 0.15) is 86.2 Å². The van der Waals surface area contributed by atoms with Crippen LogP contribution in [0.5, 0.6) is 0 Å². The number of carbonyl (C=O) groups is 4. The van der Waals surface area contributed by atoms with Gasteiger partial charge in [0, 0.05) is 70.3 Å². The lowest BCUT2D eigenvalue weighted by Crippen LogP contribution is -2.24. The van der Waals surface area contributed by atoms with Gasteiger partial charge in [0.05, 0.1) is 12.7 Å². The molecule has 0 saturated carbocycles. The van der Waals surface area contributed by atoms with Crippen molar-refractivity contribution in [2.75, 3.05) is 45.5 Å². The second kappa shape index (κ2) is 18.2. The van der Waals surface area contributed by atoms with Crippen molar-refractivity contribution in [1.82, 2.24) is 5.48 Å². The molecule has 0 spiro atoms. The molecular formula is C33H44N2O9. The lowest BCUT2D eigenvalue weighted by Gasteiger charge is -2.15. The molecule has 2 unspecified atom stereocenters. The van der Waals surface area contributed by atoms with Crippen LogP contribution in [0.4, 0.5) is 5.69 Å². The topological polar surface area (TPSA) is 149 Å². The number of ketones is 1. The summed E-state index contributed by atoms with van der Waals surface area (Å²) in [6.45, 7) is 4.70. The minimum absolute atomic E-state index is 0.0128. The standard InChI is InChI=1S/C33H44N2O9/c1-22(15-16-36)42-18-6-10-30(38)27-9-4-8-25-29(21-43-23(2)37)28-20-24(13-14-26(28)33(25)27)34-31(39)11-5-12-32(40)35-44-19-7-17-41-3/h4,8-9,13-14,20,22,29,36H,5-7,10-12,15-19,21H2,1-3H3,(H,34,39)(H,35,40). The zero-order valence-corrected chi connectivity index (χ0v) is 25.8. The van der Waals surface area contributed by atoms with E-state index in [-0.39, 0.29) is 55.7 Å². The van der Waals surface area contributed by atoms with E-state index in [1.807, 2.05) is 37.3 Å². The van der Waals surface area contributed by atoms with Gasteiger partial charge < -0.3 is 24.6 Å². The van der Waals surface area contributed by atoms with E-state index in [4.69, 9.17) is 24.2 Å². The normalized spacial score (nSPS) is 14.0. The van der Waals surface area contributed by atoms with E-state index in [9.17, 15) is 19.2 Å². The van der Waals surface area contributed by atoms with Crippen molar-refractivity contribution < 1.29 is 43.3 Å². The molecule has 0 aliphatic heterocycles. The van der Waals surface area contributed by atoms with Gasteiger partial charge in [0.25, 0.3) is 0 Å². The average Bonchev–Trinajstić information content (AvgIpc) is 3.31. The maximum absolute atomic E-state index is 13.3. The molecular weight excluding hydrogens is 568 g/mol. The van der Waals surface area contributed by atoms with Gasteiger partial charge in [-0.3, -0.25) is 24.0 Å². The van der Waals surface area contributed by atoms with Crippen LogP contribution in [0, 0.1) is 0 Å². The number of ether oxygens (including phenoxy) is 3. The fourth-order valence-electron chi connectivity index (χ4n) is 5.11. The highest BCUT2D eigenvalue weighted by atomic mass is 16.7. The Morgan fingerprint density at radius 1 is 0.932 bits per heavy atom. The Labute approximate surface area is 258 Å². The second-order valence-corrected chi connectivity index (χ2v) is 10.8. The number of fused-ring (bicyclic) bond motifs is 3. The number of benzene rings is 2. The van der Waals surface area contributed by atoms with E-state index < -0.39 is 5.97 Å². The molecule has 3 rings (SSSR count). The van der Waals surface area contributed by atoms with Gasteiger partial charge in [-0.25, -0.2) is 5.48 Å². The third-order valence-corrected chi connectivity index (χ3v) is 7.28. The number of methoxy groups -OCH3 is 1. The van der Waals surface area contributed by atoms with Gasteiger partial charge in [0.1, 0.15) is 6.61 Å². The van der Waals surface area contributed by atoms with E-state index in [2.05, 4.69) is 10.8 Å². The van der Waals surface area contributed by atoms with Crippen molar-refractivity contribution in [3.63, 3.8) is 0 Å². The molecule has 2 aromatic carbocycles. The van der Waals surface area contributed by atoms with E-state index in [0.717, 1.165) is 22.3 Å². The van der Waals surface area contributed by atoms with Crippen LogP contribution < -0.4 is 10.8 Å². The highest BCUT2D eigenvalue weighted by Crippen LogP contribution is 2.47. The zero-order chi connectivity index (χ0) is 31.9. The molecule has 240 valence electrons. The Kier molecular flexibility index (Phi) is 14.4. The predicted molar refractivity (Wildman–Crippen MR) is 164 cm³/mol. The summed E-state index contributed by atoms with van der Waals surface area (Å²) in [6.07, 6.45) is 2.63. The molecule has 0 saturated heterocycles. The molecule has 0 bridgehead atoms. The van der Waals surface area contributed by atoms with Crippen LogP contribution in [-0.2, 0) is 33.4 Å². The van der Waals surface area contributed by atoms with Gasteiger partial charge in [-0.2, -0.15) is 0 Å². The molecule has 1 aliphatic rings. The number of nitrogens with one attached hydrogen (secondary N) is 2. The summed E-state index contributed by atoms with van der Waals surface area (Å²) in [5.74, 6) is -1.26. The molecule has 2 aromatic rings. The fourth-order valence-corrected chi connectivity index (χ4v) is 5.11. The maximum atomic E-state index is 13.3. The molecule has 0 aromatic heterocycles. The largest absolute Gasteiger partial charge is 0.465 e. The highest BCUT2D eigenvalue weighted by molar-refractivity contribution is 6.05. The third kappa shape index (κ3) is 10.5. The average molecular weight is 613 g/mol. The van der Waals surface area contributed by atoms with E-state index in [1.165, 1.54) is 6.92 Å². The first-order valence-electron chi connectivity index (χ1n) is 15.1. The molecule has 11 heteroatoms. The van der Waals surface area contributed by atoms with Crippen molar-refractivity contribution in [1.29, 1.82) is 0 Å². The Hall–Kier alpha value is -3.64. The van der Waals surface area contributed by atoms with Crippen molar-refractivity contribution in [2.24, 2.45) is 0 Å². The summed E-state index contributed by atoms with van der Waals surface area (Å²) in [6, 6.07) is 11.1. The number of hydrogen-bond donors (Lipinski definition) is 3. The number of Topliss-reactive ketones (excluding diaryl/α,β-unsaturated/α-hetero) is 1. The summed E-state index contributed by atoms with van der Waals surface area (Å²) in [5, 5.41) is 11.9. The molecule has 0 fully saturated rings. The molecule has 3 N–H and O–H groups in total. The van der Waals surface area contributed by atoms with Crippen molar-refractivity contribution in [3.8, 4) is 11.1 Å². The Morgan fingerprint density at radius 2 is 1.73 bits per heavy atom. The molecule has 0 heterocycles. The van der Waals surface area contributed by atoms with Crippen LogP contribution in [-0.4, -0.2) is 74.9 Å². The third-order valence-electron chi connectivity index (χ3n) is 7.28. The number of hydrogen-bond acceptors (Lipinski definition) is 9. The van der Waals surface area contributed by atoms with E-state index in [1.54, 1.807) is 13.2 Å². The number of rotatable bonds is 20. The van der Waals surface area contributed by atoms with Crippen molar-refractivity contribution in [3.05, 3.63) is 53.1 Å². The fraction of sp³-hybridized carbons (Fsp3) is 0.515. The number of amides is 2. The minimum Gasteiger partial charge on any atom is -0.465 e. The van der Waals surface area contributed by atoms with Gasteiger partial charge in [-0.15, -0.1) is 0 Å². The minimum atomic E-state index is -0.406. The molecule has 2 amide bonds. The molecule has 1 aliphatic carbocycles. The lowest BCUT2D eigenvalue weighted by atomic mass is 9.93. The quantitative estimate of drug-likeness (QED) is 0.0861. The lowest BCUT2D eigenvalue weighted by molar-refractivity contribution is -0.141. The van der Waals surface area contributed by atoms with E-state index in [0.29, 0.717) is 63.2 Å². The Balaban J connectivity index is 1.66. The van der Waals surface area contributed by atoms with Gasteiger partial charge in [0.15, 0.2) is 5.78 Å². The first kappa shape index (κ1) is 34.8. The molecule has 2 atom stereocenters. The Morgan fingerprint density at radius 3 is 2.48 bits per heavy atom. The summed E-state index contributed by atoms with van der Waals surface area (Å²) in [4.78, 5) is 54.7. The first-order chi connectivity index (χ1) is 21.2. The van der Waals surface area contributed by atoms with Crippen LogP contribution in [0.2, 0.25) is 0 Å². The predicted octanol–water partition coefficient (Wildman–Crippen LogP) is 4.31. The molecule has 11 nitrogen and oxygen atoms in total. The Bertz CT molecular complexity index is 1280. The summed E-state index contributed by atoms with van der Waals surface area (Å²) < 4.78 is 16.0. The number of aliphatic hydroxyl groups is 1. The number of esters is 1. The van der Waals surface area contributed by atoms with Crippen LogP contribution in [0.3, 0.4) is 0 Å². The number of anilines is 1. The number of hydroxylamine groups is 1. The highest BCUT2D eigenvalue weighted by Gasteiger charge is 2.33. The SMILES string of the molecule is COCCCONC(=O)CCCC(=O)Nc1ccc2c(c1)C(COC(C)=O)c1cccc(C(=O)CCCOC(C)CCO)c1-2. The second-order valence-electron chi connectivity index (χ2n) is 10.8. The van der Waals surface area contributed by atoms with Gasteiger partial charge in [-0.05, 0) is 67.0 Å². The van der Waals surface area contributed by atoms with Gasteiger partial charge in [0.2, 0.25) is 11.8 Å². The number of carbonyl (C=O) groups excluding carboxylic acids is 4. The van der Waals surface area contributed by atoms with Crippen molar-refractivity contribution in [2.45, 2.75) is 70.8 Å². The number of aliphatic hydroxyl groups excluding tert-OH is 1. The van der Waals surface area contributed by atoms with Crippen molar-refractivity contribution >= 4 is 29.3 Å².